The molecule has 0 fully saturated rings. The van der Waals surface area contributed by atoms with Gasteiger partial charge in [-0.3, -0.25) is 18.7 Å². The Morgan fingerprint density at radius 3 is 2.48 bits per heavy atom. The second-order valence-corrected chi connectivity index (χ2v) is 6.56. The molecule has 0 saturated heterocycles. The van der Waals surface area contributed by atoms with Crippen LogP contribution in [0.3, 0.4) is 0 Å². The van der Waals surface area contributed by atoms with Crippen LogP contribution in [0.2, 0.25) is 0 Å². The van der Waals surface area contributed by atoms with Crippen LogP contribution in [0.1, 0.15) is 29.2 Å². The molecule has 27 heavy (non-hydrogen) atoms. The van der Waals surface area contributed by atoms with Crippen molar-refractivity contribution in [3.8, 4) is 5.75 Å². The minimum atomic E-state index is -0.721. The fourth-order valence-electron chi connectivity index (χ4n) is 3.40. The van der Waals surface area contributed by atoms with E-state index in [4.69, 9.17) is 4.74 Å². The number of imidazole rings is 1. The third-order valence-corrected chi connectivity index (χ3v) is 4.83. The molecular formula is C19H21N3O5. The summed E-state index contributed by atoms with van der Waals surface area (Å²) in [6.45, 7) is 1.66. The number of nitrogens with one attached hydrogen (secondary N) is 1. The van der Waals surface area contributed by atoms with Crippen molar-refractivity contribution in [2.24, 2.45) is 14.1 Å². The molecule has 3 rings (SSSR count). The molecule has 0 radical (unpaired) electrons. The summed E-state index contributed by atoms with van der Waals surface area (Å²) in [7, 11) is 4.59. The number of methoxy groups -OCH3 is 1. The molecule has 0 amide bonds. The van der Waals surface area contributed by atoms with Crippen LogP contribution >= 0.6 is 0 Å². The number of fused-ring (bicyclic) bond motifs is 1. The molecule has 2 aromatic heterocycles. The number of aromatic amines is 1. The first-order chi connectivity index (χ1) is 12.7. The molecule has 8 nitrogen and oxygen atoms in total. The average molecular weight is 371 g/mol. The first kappa shape index (κ1) is 18.5. The number of ether oxygens (including phenoxy) is 1. The van der Waals surface area contributed by atoms with Crippen LogP contribution < -0.4 is 11.2 Å². The van der Waals surface area contributed by atoms with Crippen LogP contribution in [0.15, 0.2) is 33.9 Å². The van der Waals surface area contributed by atoms with Gasteiger partial charge in [0.1, 0.15) is 5.75 Å². The van der Waals surface area contributed by atoms with Gasteiger partial charge < -0.3 is 14.8 Å². The van der Waals surface area contributed by atoms with E-state index in [-0.39, 0.29) is 23.4 Å². The number of hydrogen-bond acceptors (Lipinski definition) is 5. The molecule has 0 aliphatic rings. The first-order valence-corrected chi connectivity index (χ1v) is 8.39. The van der Waals surface area contributed by atoms with Crippen LogP contribution in [0, 0.1) is 6.92 Å². The lowest BCUT2D eigenvalue weighted by atomic mass is 9.88. The van der Waals surface area contributed by atoms with Crippen LogP contribution in [0.5, 0.6) is 5.75 Å². The molecule has 1 aromatic carbocycles. The zero-order chi connectivity index (χ0) is 19.9. The monoisotopic (exact) mass is 371 g/mol. The lowest BCUT2D eigenvalue weighted by Gasteiger charge is -2.18. The molecule has 1 atom stereocenters. The Labute approximate surface area is 154 Å². The van der Waals surface area contributed by atoms with Gasteiger partial charge in [0, 0.05) is 25.7 Å². The maximum Gasteiger partial charge on any atom is 0.328 e. The number of hydrogen-bond donors (Lipinski definition) is 2. The molecule has 0 saturated carbocycles. The molecule has 8 heteroatoms. The van der Waals surface area contributed by atoms with Gasteiger partial charge in [-0.2, -0.15) is 0 Å². The van der Waals surface area contributed by atoms with E-state index < -0.39 is 17.4 Å². The Bertz CT molecular complexity index is 1150. The molecule has 0 aliphatic carbocycles. The summed E-state index contributed by atoms with van der Waals surface area (Å²) < 4.78 is 7.78. The predicted octanol–water partition coefficient (Wildman–Crippen LogP) is 1.27. The van der Waals surface area contributed by atoms with Gasteiger partial charge in [0.25, 0.3) is 5.56 Å². The van der Waals surface area contributed by atoms with Crippen molar-refractivity contribution >= 4 is 17.0 Å². The van der Waals surface area contributed by atoms with Gasteiger partial charge >= 0.3 is 11.7 Å². The number of aromatic hydroxyl groups is 1. The van der Waals surface area contributed by atoms with Gasteiger partial charge in [0.15, 0.2) is 0 Å². The summed E-state index contributed by atoms with van der Waals surface area (Å²) >= 11 is 0. The highest BCUT2D eigenvalue weighted by atomic mass is 16.5. The average Bonchev–Trinajstić information content (AvgIpc) is 2.84. The van der Waals surface area contributed by atoms with E-state index in [9.17, 15) is 19.5 Å². The fourth-order valence-corrected chi connectivity index (χ4v) is 3.40. The third-order valence-electron chi connectivity index (χ3n) is 4.83. The van der Waals surface area contributed by atoms with Crippen molar-refractivity contribution < 1.29 is 14.6 Å². The molecule has 142 valence electrons. The number of nitrogens with zero attached hydrogens (tertiary/aromatic N) is 2. The number of carbonyl (C=O) groups excluding carboxylic acids is 1. The number of rotatable bonds is 4. The summed E-state index contributed by atoms with van der Waals surface area (Å²) in [5.41, 5.74) is 1.97. The Morgan fingerprint density at radius 1 is 1.19 bits per heavy atom. The Kier molecular flexibility index (Phi) is 4.65. The summed E-state index contributed by atoms with van der Waals surface area (Å²) in [5, 5.41) is 10.4. The fraction of sp³-hybridized carbons (Fsp3) is 0.316. The van der Waals surface area contributed by atoms with Crippen molar-refractivity contribution in [2.45, 2.75) is 19.3 Å². The quantitative estimate of drug-likeness (QED) is 0.672. The van der Waals surface area contributed by atoms with Gasteiger partial charge in [-0.25, -0.2) is 4.79 Å². The van der Waals surface area contributed by atoms with Crippen LogP contribution in [0.25, 0.3) is 11.0 Å². The second kappa shape index (κ2) is 6.79. The van der Waals surface area contributed by atoms with Crippen LogP contribution in [0.4, 0.5) is 0 Å². The van der Waals surface area contributed by atoms with E-state index in [1.807, 2.05) is 0 Å². The number of aryl methyl sites for hydroxylation is 3. The van der Waals surface area contributed by atoms with E-state index in [0.717, 1.165) is 5.52 Å². The van der Waals surface area contributed by atoms with Crippen molar-refractivity contribution in [1.82, 2.24) is 14.1 Å². The molecule has 0 aliphatic heterocycles. The van der Waals surface area contributed by atoms with E-state index in [2.05, 4.69) is 4.98 Å². The van der Waals surface area contributed by atoms with E-state index in [0.29, 0.717) is 16.8 Å². The molecule has 1 unspecified atom stereocenters. The highest BCUT2D eigenvalue weighted by Gasteiger charge is 2.26. The van der Waals surface area contributed by atoms with Gasteiger partial charge in [0.05, 0.1) is 30.1 Å². The topological polar surface area (TPSA) is 106 Å². The van der Waals surface area contributed by atoms with E-state index in [1.54, 1.807) is 39.2 Å². The largest absolute Gasteiger partial charge is 0.507 e. The Hall–Kier alpha value is -3.29. The third kappa shape index (κ3) is 3.14. The van der Waals surface area contributed by atoms with Gasteiger partial charge in [-0.15, -0.1) is 0 Å². The molecule has 0 bridgehead atoms. The SMILES string of the molecule is COC(=O)CC(c1ccc2c(c1)n(C)c(=O)n2C)c1c(O)cc(C)[nH]c1=O. The lowest BCUT2D eigenvalue weighted by Crippen LogP contribution is -2.21. The maximum atomic E-state index is 12.5. The summed E-state index contributed by atoms with van der Waals surface area (Å²) in [4.78, 5) is 39.3. The second-order valence-electron chi connectivity index (χ2n) is 6.56. The van der Waals surface area contributed by atoms with Crippen molar-refractivity contribution in [1.29, 1.82) is 0 Å². The summed E-state index contributed by atoms with van der Waals surface area (Å²) in [5.74, 6) is -1.42. The van der Waals surface area contributed by atoms with Gasteiger partial charge in [0.2, 0.25) is 0 Å². The zero-order valence-electron chi connectivity index (χ0n) is 15.6. The smallest absolute Gasteiger partial charge is 0.328 e. The predicted molar refractivity (Wildman–Crippen MR) is 100 cm³/mol. The minimum absolute atomic E-state index is 0.0891. The molecular weight excluding hydrogens is 350 g/mol. The molecule has 2 N–H and O–H groups in total. The van der Waals surface area contributed by atoms with Gasteiger partial charge in [-0.05, 0) is 30.7 Å². The number of pyridine rings is 1. The number of benzene rings is 1. The number of aromatic nitrogens is 3. The summed E-state index contributed by atoms with van der Waals surface area (Å²) in [6.07, 6.45) is -0.123. The Morgan fingerprint density at radius 2 is 1.85 bits per heavy atom. The maximum absolute atomic E-state index is 12.5. The number of carbonyl (C=O) groups is 1. The van der Waals surface area contributed by atoms with Crippen LogP contribution in [-0.4, -0.2) is 32.3 Å². The number of esters is 1. The lowest BCUT2D eigenvalue weighted by molar-refractivity contribution is -0.140. The molecule has 2 heterocycles. The molecule has 3 aromatic rings. The molecule has 0 spiro atoms. The standard InChI is InChI=1S/C19H21N3O5/c1-10-7-15(23)17(18(25)20-10)12(9-16(24)27-4)11-5-6-13-14(8-11)22(3)19(26)21(13)2/h5-8,12H,9H2,1-4H3,(H2,20,23,25). The number of H-pyrrole nitrogens is 1. The van der Waals surface area contributed by atoms with Crippen molar-refractivity contribution in [3.05, 3.63) is 61.9 Å². The van der Waals surface area contributed by atoms with E-state index >= 15 is 0 Å². The zero-order valence-corrected chi connectivity index (χ0v) is 15.6. The highest BCUT2D eigenvalue weighted by Crippen LogP contribution is 2.33. The normalized spacial score (nSPS) is 12.3. The van der Waals surface area contributed by atoms with Crippen molar-refractivity contribution in [3.63, 3.8) is 0 Å². The highest BCUT2D eigenvalue weighted by molar-refractivity contribution is 5.78. The Balaban J connectivity index is 2.25. The van der Waals surface area contributed by atoms with Gasteiger partial charge in [-0.1, -0.05) is 6.07 Å². The van der Waals surface area contributed by atoms with Crippen molar-refractivity contribution in [2.75, 3.05) is 7.11 Å². The van der Waals surface area contributed by atoms with Crippen LogP contribution in [-0.2, 0) is 23.6 Å². The summed E-state index contributed by atoms with van der Waals surface area (Å²) in [6, 6.07) is 6.70. The van der Waals surface area contributed by atoms with E-state index in [1.165, 1.54) is 22.3 Å². The first-order valence-electron chi connectivity index (χ1n) is 8.39. The minimum Gasteiger partial charge on any atom is -0.507 e.